The molecule has 0 aliphatic rings. The number of thioether (sulfide) groups is 1. The molecule has 0 saturated heterocycles. The summed E-state index contributed by atoms with van der Waals surface area (Å²) >= 11 is 7.17. The van der Waals surface area contributed by atoms with E-state index in [2.05, 4.69) is 27.3 Å². The van der Waals surface area contributed by atoms with Crippen molar-refractivity contribution in [1.29, 1.82) is 0 Å². The van der Waals surface area contributed by atoms with E-state index in [1.807, 2.05) is 59.2 Å². The molecule has 4 rings (SSSR count). The Balaban J connectivity index is 1.29. The summed E-state index contributed by atoms with van der Waals surface area (Å²) in [5.74, 6) is 1.79. The van der Waals surface area contributed by atoms with E-state index in [0.717, 1.165) is 11.1 Å². The zero-order valence-corrected chi connectivity index (χ0v) is 22.1. The van der Waals surface area contributed by atoms with E-state index in [1.54, 1.807) is 36.6 Å². The van der Waals surface area contributed by atoms with Crippen LogP contribution in [0.3, 0.4) is 0 Å². The summed E-state index contributed by atoms with van der Waals surface area (Å²) in [6, 6.07) is 24.5. The number of hydrogen-bond donors (Lipinski definition) is 1. The van der Waals surface area contributed by atoms with Gasteiger partial charge >= 0.3 is 0 Å². The summed E-state index contributed by atoms with van der Waals surface area (Å²) < 4.78 is 13.6. The van der Waals surface area contributed by atoms with E-state index in [-0.39, 0.29) is 18.3 Å². The van der Waals surface area contributed by atoms with Gasteiger partial charge in [-0.15, -0.1) is 16.8 Å². The lowest BCUT2D eigenvalue weighted by Gasteiger charge is -2.09. The molecule has 0 bridgehead atoms. The van der Waals surface area contributed by atoms with E-state index in [9.17, 15) is 4.79 Å². The number of ether oxygens (including phenoxy) is 2. The molecule has 8 nitrogen and oxygen atoms in total. The molecule has 1 amide bonds. The second-order valence-corrected chi connectivity index (χ2v) is 9.31. The van der Waals surface area contributed by atoms with Gasteiger partial charge in [0.1, 0.15) is 24.7 Å². The summed E-state index contributed by atoms with van der Waals surface area (Å²) in [6.07, 6.45) is 3.30. The molecule has 10 heteroatoms. The van der Waals surface area contributed by atoms with Crippen LogP contribution in [0.5, 0.6) is 11.5 Å². The van der Waals surface area contributed by atoms with Gasteiger partial charge in [0.15, 0.2) is 11.0 Å². The van der Waals surface area contributed by atoms with Crippen molar-refractivity contribution in [3.05, 3.63) is 113 Å². The highest BCUT2D eigenvalue weighted by atomic mass is 35.5. The third-order valence-electron chi connectivity index (χ3n) is 5.17. The number of amides is 1. The van der Waals surface area contributed by atoms with Crippen LogP contribution in [0.25, 0.3) is 0 Å². The van der Waals surface area contributed by atoms with Crippen molar-refractivity contribution in [2.24, 2.45) is 5.10 Å². The first-order valence-corrected chi connectivity index (χ1v) is 13.1. The largest absolute Gasteiger partial charge is 0.488 e. The van der Waals surface area contributed by atoms with Gasteiger partial charge in [0.2, 0.25) is 0 Å². The second kappa shape index (κ2) is 14.0. The topological polar surface area (TPSA) is 90.6 Å². The first-order valence-electron chi connectivity index (χ1n) is 11.7. The van der Waals surface area contributed by atoms with Gasteiger partial charge in [-0.05, 0) is 42.0 Å². The van der Waals surface area contributed by atoms with Crippen LogP contribution >= 0.6 is 23.4 Å². The second-order valence-electron chi connectivity index (χ2n) is 7.93. The monoisotopic (exact) mass is 547 g/mol. The molecule has 0 spiro atoms. The van der Waals surface area contributed by atoms with Crippen molar-refractivity contribution in [1.82, 2.24) is 20.2 Å². The predicted molar refractivity (Wildman–Crippen MR) is 150 cm³/mol. The van der Waals surface area contributed by atoms with Gasteiger partial charge in [-0.25, -0.2) is 5.43 Å². The molecule has 0 aliphatic carbocycles. The van der Waals surface area contributed by atoms with Gasteiger partial charge in [-0.3, -0.25) is 9.36 Å². The van der Waals surface area contributed by atoms with E-state index < -0.39 is 0 Å². The fraction of sp³-hybridized carbons (Fsp3) is 0.143. The zero-order valence-electron chi connectivity index (χ0n) is 20.5. The first kappa shape index (κ1) is 27.0. The van der Waals surface area contributed by atoms with Gasteiger partial charge in [0.25, 0.3) is 5.91 Å². The molecule has 38 heavy (non-hydrogen) atoms. The summed E-state index contributed by atoms with van der Waals surface area (Å²) in [7, 11) is 0. The van der Waals surface area contributed by atoms with Crippen LogP contribution < -0.4 is 14.9 Å². The SMILES string of the molecule is C=CCn1c(COc2ccc(Cl)cc2)nnc1SCC(=O)NN=Cc1ccccc1OCc1ccccc1. The number of allylic oxidation sites excluding steroid dienone is 1. The van der Waals surface area contributed by atoms with E-state index in [0.29, 0.717) is 40.7 Å². The van der Waals surface area contributed by atoms with Crippen molar-refractivity contribution >= 4 is 35.5 Å². The number of carbonyl (C=O) groups is 1. The Labute approximate surface area is 230 Å². The molecule has 0 saturated carbocycles. The Morgan fingerprint density at radius 1 is 1.00 bits per heavy atom. The van der Waals surface area contributed by atoms with Gasteiger partial charge < -0.3 is 9.47 Å². The minimum absolute atomic E-state index is 0.108. The quantitative estimate of drug-likeness (QED) is 0.103. The van der Waals surface area contributed by atoms with Crippen LogP contribution in [0, 0.1) is 0 Å². The van der Waals surface area contributed by atoms with Crippen molar-refractivity contribution in [2.45, 2.75) is 24.9 Å². The molecule has 1 N–H and O–H groups in total. The molecule has 1 aromatic heterocycles. The normalized spacial score (nSPS) is 10.9. The molecule has 0 atom stereocenters. The summed E-state index contributed by atoms with van der Waals surface area (Å²) in [4.78, 5) is 12.4. The third-order valence-corrected chi connectivity index (χ3v) is 6.39. The van der Waals surface area contributed by atoms with Gasteiger partial charge in [0.05, 0.1) is 12.0 Å². The number of nitrogens with one attached hydrogen (secondary N) is 1. The van der Waals surface area contributed by atoms with E-state index >= 15 is 0 Å². The van der Waals surface area contributed by atoms with Gasteiger partial charge in [0, 0.05) is 17.1 Å². The maximum absolute atomic E-state index is 12.4. The molecule has 194 valence electrons. The number of aromatic nitrogens is 3. The smallest absolute Gasteiger partial charge is 0.250 e. The molecule has 1 heterocycles. The average Bonchev–Trinajstić information content (AvgIpc) is 3.33. The minimum atomic E-state index is -0.277. The summed E-state index contributed by atoms with van der Waals surface area (Å²) in [6.45, 7) is 4.93. The van der Waals surface area contributed by atoms with Crippen LogP contribution in [-0.2, 0) is 24.6 Å². The number of rotatable bonds is 13. The first-order chi connectivity index (χ1) is 18.6. The molecule has 0 radical (unpaired) electrons. The van der Waals surface area contributed by atoms with E-state index in [4.69, 9.17) is 21.1 Å². The molecule has 0 unspecified atom stereocenters. The van der Waals surface area contributed by atoms with Crippen molar-refractivity contribution in [3.63, 3.8) is 0 Å². The van der Waals surface area contributed by atoms with Crippen molar-refractivity contribution < 1.29 is 14.3 Å². The Hall–Kier alpha value is -4.08. The Bertz CT molecular complexity index is 1380. The van der Waals surface area contributed by atoms with Crippen LogP contribution in [0.2, 0.25) is 5.02 Å². The Kier molecular flexibility index (Phi) is 9.95. The molecule has 0 aliphatic heterocycles. The number of nitrogens with zero attached hydrogens (tertiary/aromatic N) is 4. The summed E-state index contributed by atoms with van der Waals surface area (Å²) in [5.41, 5.74) is 4.37. The standard InChI is InChI=1S/C28H26ClN5O3S/c1-2-16-34-26(19-36-24-14-12-23(29)13-15-24)31-33-28(34)38-20-27(35)32-30-17-22-10-6-7-11-25(22)37-18-21-8-4-3-5-9-21/h2-15,17H,1,16,18-20H2,(H,32,35). The number of carbonyl (C=O) groups excluding carboxylic acids is 1. The van der Waals surface area contributed by atoms with Crippen LogP contribution in [-0.4, -0.2) is 32.6 Å². The zero-order chi connectivity index (χ0) is 26.6. The maximum Gasteiger partial charge on any atom is 0.250 e. The Morgan fingerprint density at radius 3 is 2.55 bits per heavy atom. The number of halogens is 1. The van der Waals surface area contributed by atoms with Crippen molar-refractivity contribution in [2.75, 3.05) is 5.75 Å². The lowest BCUT2D eigenvalue weighted by atomic mass is 10.2. The number of benzene rings is 3. The van der Waals surface area contributed by atoms with Crippen LogP contribution in [0.15, 0.2) is 102 Å². The van der Waals surface area contributed by atoms with Crippen LogP contribution in [0.1, 0.15) is 17.0 Å². The predicted octanol–water partition coefficient (Wildman–Crippen LogP) is 5.52. The van der Waals surface area contributed by atoms with Crippen molar-refractivity contribution in [3.8, 4) is 11.5 Å². The highest BCUT2D eigenvalue weighted by Gasteiger charge is 2.14. The third kappa shape index (κ3) is 7.96. The fourth-order valence-electron chi connectivity index (χ4n) is 3.31. The van der Waals surface area contributed by atoms with Crippen LogP contribution in [0.4, 0.5) is 0 Å². The number of hydrogen-bond acceptors (Lipinski definition) is 7. The molecule has 0 fully saturated rings. The lowest BCUT2D eigenvalue weighted by Crippen LogP contribution is -2.20. The Morgan fingerprint density at radius 2 is 1.76 bits per heavy atom. The molecule has 3 aromatic carbocycles. The number of para-hydroxylation sites is 1. The highest BCUT2D eigenvalue weighted by Crippen LogP contribution is 2.20. The maximum atomic E-state index is 12.4. The van der Waals surface area contributed by atoms with Gasteiger partial charge in [-0.2, -0.15) is 5.10 Å². The highest BCUT2D eigenvalue weighted by molar-refractivity contribution is 7.99. The lowest BCUT2D eigenvalue weighted by molar-refractivity contribution is -0.118. The molecule has 4 aromatic rings. The average molecular weight is 548 g/mol. The number of hydrazone groups is 1. The van der Waals surface area contributed by atoms with E-state index in [1.165, 1.54) is 11.8 Å². The fourth-order valence-corrected chi connectivity index (χ4v) is 4.20. The molecular weight excluding hydrogens is 522 g/mol. The van der Waals surface area contributed by atoms with Gasteiger partial charge in [-0.1, -0.05) is 71.9 Å². The molecular formula is C28H26ClN5O3S. The summed E-state index contributed by atoms with van der Waals surface area (Å²) in [5, 5.41) is 13.7. The minimum Gasteiger partial charge on any atom is -0.488 e.